The van der Waals surface area contributed by atoms with Crippen LogP contribution in [0.15, 0.2) is 23.1 Å². The fourth-order valence-corrected chi connectivity index (χ4v) is 3.60. The quantitative estimate of drug-likeness (QED) is 0.793. The molecule has 9 heteroatoms. The molecule has 1 unspecified atom stereocenters. The normalized spacial score (nSPS) is 18.1. The second kappa shape index (κ2) is 7.42. The van der Waals surface area contributed by atoms with Crippen LogP contribution in [-0.4, -0.2) is 40.6 Å². The average Bonchev–Trinajstić information content (AvgIpc) is 2.89. The number of esters is 1. The van der Waals surface area contributed by atoms with Crippen molar-refractivity contribution < 1.29 is 17.9 Å². The van der Waals surface area contributed by atoms with Gasteiger partial charge in [-0.25, -0.2) is 17.9 Å². The molecule has 1 fully saturated rings. The zero-order valence-electron chi connectivity index (χ0n) is 11.3. The van der Waals surface area contributed by atoms with Crippen LogP contribution in [0.25, 0.3) is 0 Å². The largest absolute Gasteiger partial charge is 0.465 e. The Balaban J connectivity index is 0.00000220. The Kier molecular flexibility index (Phi) is 6.42. The first kappa shape index (κ1) is 18.2. The summed E-state index contributed by atoms with van der Waals surface area (Å²) in [7, 11) is -2.41. The highest BCUT2D eigenvalue weighted by Crippen LogP contribution is 2.22. The first-order valence-corrected chi connectivity index (χ1v) is 7.91. The molecular weight excluding hydrogens is 339 g/mol. The van der Waals surface area contributed by atoms with Gasteiger partial charge in [-0.2, -0.15) is 0 Å². The zero-order valence-corrected chi connectivity index (χ0v) is 13.6. The molecule has 0 radical (unpaired) electrons. The standard InChI is InChI=1S/C12H15ClN2O4S.ClH/c1-19-12(16)10-3-2-9(6-11(10)13)20(17,18)15-8-4-5-14-7-8;/h2-3,6,8,14-15H,4-5,7H2,1H3;1H. The van der Waals surface area contributed by atoms with E-state index in [1.165, 1.54) is 25.3 Å². The Labute approximate surface area is 134 Å². The van der Waals surface area contributed by atoms with Crippen LogP contribution in [-0.2, 0) is 14.8 Å². The smallest absolute Gasteiger partial charge is 0.339 e. The number of methoxy groups -OCH3 is 1. The third kappa shape index (κ3) is 4.31. The predicted molar refractivity (Wildman–Crippen MR) is 81.6 cm³/mol. The van der Waals surface area contributed by atoms with Crippen LogP contribution in [0.4, 0.5) is 0 Å². The molecule has 6 nitrogen and oxygen atoms in total. The van der Waals surface area contributed by atoms with Crippen molar-refractivity contribution >= 4 is 40.0 Å². The molecule has 0 aromatic heterocycles. The van der Waals surface area contributed by atoms with Crippen molar-refractivity contribution in [2.75, 3.05) is 20.2 Å². The lowest BCUT2D eigenvalue weighted by molar-refractivity contribution is 0.0601. The predicted octanol–water partition coefficient (Wildman–Crippen LogP) is 1.19. The molecule has 0 amide bonds. The van der Waals surface area contributed by atoms with Crippen LogP contribution in [0.5, 0.6) is 0 Å². The van der Waals surface area contributed by atoms with Gasteiger partial charge in [-0.3, -0.25) is 0 Å². The van der Waals surface area contributed by atoms with E-state index < -0.39 is 16.0 Å². The summed E-state index contributed by atoms with van der Waals surface area (Å²) in [4.78, 5) is 11.4. The van der Waals surface area contributed by atoms with Gasteiger partial charge in [0.05, 0.1) is 22.6 Å². The first-order valence-electron chi connectivity index (χ1n) is 6.05. The van der Waals surface area contributed by atoms with Gasteiger partial charge in [-0.05, 0) is 31.2 Å². The fourth-order valence-electron chi connectivity index (χ4n) is 1.98. The molecule has 1 atom stereocenters. The molecule has 1 saturated heterocycles. The van der Waals surface area contributed by atoms with Crippen molar-refractivity contribution in [1.29, 1.82) is 0 Å². The first-order chi connectivity index (χ1) is 9.44. The maximum Gasteiger partial charge on any atom is 0.339 e. The summed E-state index contributed by atoms with van der Waals surface area (Å²) < 4.78 is 31.5. The van der Waals surface area contributed by atoms with Gasteiger partial charge < -0.3 is 10.1 Å². The minimum Gasteiger partial charge on any atom is -0.465 e. The van der Waals surface area contributed by atoms with Crippen molar-refractivity contribution in [3.05, 3.63) is 28.8 Å². The maximum atomic E-state index is 12.2. The van der Waals surface area contributed by atoms with Gasteiger partial charge in [0.1, 0.15) is 0 Å². The Morgan fingerprint density at radius 2 is 2.19 bits per heavy atom. The number of halogens is 2. The van der Waals surface area contributed by atoms with E-state index in [-0.39, 0.29) is 33.9 Å². The number of sulfonamides is 1. The second-order valence-electron chi connectivity index (χ2n) is 4.44. The summed E-state index contributed by atoms with van der Waals surface area (Å²) in [5, 5.41) is 3.12. The average molecular weight is 355 g/mol. The van der Waals surface area contributed by atoms with Crippen LogP contribution >= 0.6 is 24.0 Å². The molecule has 1 heterocycles. The highest BCUT2D eigenvalue weighted by atomic mass is 35.5. The molecule has 2 N–H and O–H groups in total. The number of benzene rings is 1. The molecular formula is C12H16Cl2N2O4S. The molecule has 0 saturated carbocycles. The summed E-state index contributed by atoms with van der Waals surface area (Å²) in [6.07, 6.45) is 0.743. The van der Waals surface area contributed by atoms with Crippen molar-refractivity contribution in [3.8, 4) is 0 Å². The van der Waals surface area contributed by atoms with Gasteiger partial charge in [-0.1, -0.05) is 11.6 Å². The Hall–Kier alpha value is -0.860. The lowest BCUT2D eigenvalue weighted by Crippen LogP contribution is -2.36. The Bertz CT molecular complexity index is 616. The maximum absolute atomic E-state index is 12.2. The zero-order chi connectivity index (χ0) is 14.8. The Morgan fingerprint density at radius 3 is 2.71 bits per heavy atom. The van der Waals surface area contributed by atoms with Crippen molar-refractivity contribution in [3.63, 3.8) is 0 Å². The van der Waals surface area contributed by atoms with E-state index in [0.29, 0.717) is 6.54 Å². The minimum atomic E-state index is -3.64. The van der Waals surface area contributed by atoms with Crippen molar-refractivity contribution in [1.82, 2.24) is 10.0 Å². The summed E-state index contributed by atoms with van der Waals surface area (Å²) in [5.74, 6) is -0.605. The highest BCUT2D eigenvalue weighted by Gasteiger charge is 2.24. The number of nitrogens with one attached hydrogen (secondary N) is 2. The third-order valence-corrected chi connectivity index (χ3v) is 4.87. The molecule has 21 heavy (non-hydrogen) atoms. The molecule has 118 valence electrons. The van der Waals surface area contributed by atoms with E-state index in [1.54, 1.807) is 0 Å². The number of hydrogen-bond donors (Lipinski definition) is 2. The van der Waals surface area contributed by atoms with Gasteiger partial charge in [0.2, 0.25) is 10.0 Å². The SMILES string of the molecule is COC(=O)c1ccc(S(=O)(=O)NC2CCNC2)cc1Cl.Cl. The molecule has 0 bridgehead atoms. The van der Waals surface area contributed by atoms with E-state index in [2.05, 4.69) is 14.8 Å². The number of hydrogen-bond acceptors (Lipinski definition) is 5. The van der Waals surface area contributed by atoms with E-state index >= 15 is 0 Å². The lowest BCUT2D eigenvalue weighted by atomic mass is 10.2. The molecule has 1 aliphatic rings. The van der Waals surface area contributed by atoms with E-state index in [1.807, 2.05) is 0 Å². The van der Waals surface area contributed by atoms with Gasteiger partial charge >= 0.3 is 5.97 Å². The van der Waals surface area contributed by atoms with Gasteiger partial charge in [0.15, 0.2) is 0 Å². The minimum absolute atomic E-state index is 0. The van der Waals surface area contributed by atoms with E-state index in [0.717, 1.165) is 13.0 Å². The number of carbonyl (C=O) groups excluding carboxylic acids is 1. The van der Waals surface area contributed by atoms with Crippen LogP contribution in [0.1, 0.15) is 16.8 Å². The van der Waals surface area contributed by atoms with E-state index in [4.69, 9.17) is 11.6 Å². The molecule has 0 spiro atoms. The van der Waals surface area contributed by atoms with E-state index in [9.17, 15) is 13.2 Å². The molecule has 1 aromatic carbocycles. The van der Waals surface area contributed by atoms with Crippen molar-refractivity contribution in [2.45, 2.75) is 17.4 Å². The summed E-state index contributed by atoms with van der Waals surface area (Å²) in [5.41, 5.74) is 0.135. The van der Waals surface area contributed by atoms with Gasteiger partial charge in [0.25, 0.3) is 0 Å². The summed E-state index contributed by atoms with van der Waals surface area (Å²) in [6.45, 7) is 1.39. The third-order valence-electron chi connectivity index (χ3n) is 3.04. The van der Waals surface area contributed by atoms with Crippen LogP contribution in [0, 0.1) is 0 Å². The number of rotatable bonds is 4. The topological polar surface area (TPSA) is 84.5 Å². The summed E-state index contributed by atoms with van der Waals surface area (Å²) >= 11 is 5.92. The molecule has 2 rings (SSSR count). The van der Waals surface area contributed by atoms with Gasteiger partial charge in [0, 0.05) is 12.6 Å². The fraction of sp³-hybridized carbons (Fsp3) is 0.417. The highest BCUT2D eigenvalue weighted by molar-refractivity contribution is 7.89. The number of ether oxygens (including phenoxy) is 1. The van der Waals surface area contributed by atoms with Crippen molar-refractivity contribution in [2.24, 2.45) is 0 Å². The monoisotopic (exact) mass is 354 g/mol. The Morgan fingerprint density at radius 1 is 1.48 bits per heavy atom. The van der Waals surface area contributed by atoms with Gasteiger partial charge in [-0.15, -0.1) is 12.4 Å². The molecule has 1 aliphatic heterocycles. The van der Waals surface area contributed by atoms with Crippen LogP contribution in [0.2, 0.25) is 5.02 Å². The number of carbonyl (C=O) groups is 1. The summed E-state index contributed by atoms with van der Waals surface area (Å²) in [6, 6.07) is 3.80. The molecule has 1 aromatic rings. The van der Waals surface area contributed by atoms with Crippen LogP contribution in [0.3, 0.4) is 0 Å². The second-order valence-corrected chi connectivity index (χ2v) is 6.57. The van der Waals surface area contributed by atoms with Crippen LogP contribution < -0.4 is 10.0 Å². The molecule has 0 aliphatic carbocycles. The lowest BCUT2D eigenvalue weighted by Gasteiger charge is -2.12.